The summed E-state index contributed by atoms with van der Waals surface area (Å²) in [6, 6.07) is 8.59. The van der Waals surface area contributed by atoms with Crippen molar-refractivity contribution in [1.82, 2.24) is 0 Å². The molecule has 0 fully saturated rings. The standard InChI is InChI=1S/C16H14F3NO3/c1-23-14-7-6-13(8-11(14)9-21)20-15(22)10-2-4-12(5-3-10)16(17,18)19/h2-8,21H,9H2,1H3,(H,20,22). The van der Waals surface area contributed by atoms with Crippen LogP contribution in [0.15, 0.2) is 42.5 Å². The second kappa shape index (κ2) is 6.70. The van der Waals surface area contributed by atoms with E-state index in [-0.39, 0.29) is 12.2 Å². The Morgan fingerprint density at radius 3 is 2.35 bits per heavy atom. The molecule has 2 N–H and O–H groups in total. The Hall–Kier alpha value is -2.54. The third kappa shape index (κ3) is 4.01. The summed E-state index contributed by atoms with van der Waals surface area (Å²) in [4.78, 5) is 12.0. The molecule has 4 nitrogen and oxygen atoms in total. The molecule has 2 aromatic carbocycles. The van der Waals surface area contributed by atoms with E-state index in [2.05, 4.69) is 5.32 Å². The lowest BCUT2D eigenvalue weighted by Gasteiger charge is -2.11. The normalized spacial score (nSPS) is 11.2. The molecule has 2 aromatic rings. The minimum Gasteiger partial charge on any atom is -0.496 e. The van der Waals surface area contributed by atoms with Crippen molar-refractivity contribution in [1.29, 1.82) is 0 Å². The van der Waals surface area contributed by atoms with Gasteiger partial charge in [-0.25, -0.2) is 0 Å². The number of aliphatic hydroxyl groups excluding tert-OH is 1. The third-order valence-corrected chi connectivity index (χ3v) is 3.18. The van der Waals surface area contributed by atoms with Gasteiger partial charge >= 0.3 is 6.18 Å². The van der Waals surface area contributed by atoms with Crippen LogP contribution in [0.3, 0.4) is 0 Å². The van der Waals surface area contributed by atoms with Gasteiger partial charge in [0.05, 0.1) is 19.3 Å². The average molecular weight is 325 g/mol. The summed E-state index contributed by atoms with van der Waals surface area (Å²) in [5, 5.41) is 11.8. The van der Waals surface area contributed by atoms with Crippen molar-refractivity contribution in [3.8, 4) is 5.75 Å². The van der Waals surface area contributed by atoms with E-state index in [1.807, 2.05) is 0 Å². The fraction of sp³-hybridized carbons (Fsp3) is 0.188. The van der Waals surface area contributed by atoms with Crippen LogP contribution >= 0.6 is 0 Å². The van der Waals surface area contributed by atoms with Gasteiger partial charge in [0, 0.05) is 16.8 Å². The van der Waals surface area contributed by atoms with Crippen LogP contribution in [-0.4, -0.2) is 18.1 Å². The van der Waals surface area contributed by atoms with Gasteiger partial charge < -0.3 is 15.2 Å². The SMILES string of the molecule is COc1ccc(NC(=O)c2ccc(C(F)(F)F)cc2)cc1CO. The number of anilines is 1. The summed E-state index contributed by atoms with van der Waals surface area (Å²) in [5.41, 5.74) is 0.165. The smallest absolute Gasteiger partial charge is 0.416 e. The van der Waals surface area contributed by atoms with E-state index < -0.39 is 17.6 Å². The number of amides is 1. The molecular weight excluding hydrogens is 311 g/mol. The molecule has 23 heavy (non-hydrogen) atoms. The van der Waals surface area contributed by atoms with Gasteiger partial charge in [0.2, 0.25) is 0 Å². The van der Waals surface area contributed by atoms with Crippen molar-refractivity contribution in [2.45, 2.75) is 12.8 Å². The Morgan fingerprint density at radius 1 is 1.17 bits per heavy atom. The summed E-state index contributed by atoms with van der Waals surface area (Å²) in [6.07, 6.45) is -4.44. The third-order valence-electron chi connectivity index (χ3n) is 3.18. The average Bonchev–Trinajstić information content (AvgIpc) is 2.54. The lowest BCUT2D eigenvalue weighted by Crippen LogP contribution is -2.13. The Labute approximate surface area is 130 Å². The minimum atomic E-state index is -4.44. The van der Waals surface area contributed by atoms with Crippen LogP contribution in [0.1, 0.15) is 21.5 Å². The number of ether oxygens (including phenoxy) is 1. The number of halogens is 3. The topological polar surface area (TPSA) is 58.6 Å². The lowest BCUT2D eigenvalue weighted by atomic mass is 10.1. The molecule has 0 aliphatic carbocycles. The number of nitrogens with one attached hydrogen (secondary N) is 1. The minimum absolute atomic E-state index is 0.0966. The summed E-state index contributed by atoms with van der Waals surface area (Å²) in [6.45, 7) is -0.271. The zero-order valence-electron chi connectivity index (χ0n) is 12.1. The van der Waals surface area contributed by atoms with E-state index in [1.165, 1.54) is 13.2 Å². The summed E-state index contributed by atoms with van der Waals surface area (Å²) in [5.74, 6) is -0.0761. The quantitative estimate of drug-likeness (QED) is 0.905. The zero-order chi connectivity index (χ0) is 17.0. The molecule has 0 spiro atoms. The highest BCUT2D eigenvalue weighted by atomic mass is 19.4. The van der Waals surface area contributed by atoms with Crippen molar-refractivity contribution in [3.05, 3.63) is 59.2 Å². The largest absolute Gasteiger partial charge is 0.496 e. The molecule has 122 valence electrons. The molecule has 0 saturated carbocycles. The number of benzene rings is 2. The Morgan fingerprint density at radius 2 is 1.83 bits per heavy atom. The molecule has 1 amide bonds. The lowest BCUT2D eigenvalue weighted by molar-refractivity contribution is -0.137. The van der Waals surface area contributed by atoms with Gasteiger partial charge in [-0.2, -0.15) is 13.2 Å². The second-order valence-electron chi connectivity index (χ2n) is 4.71. The maximum Gasteiger partial charge on any atom is 0.416 e. The van der Waals surface area contributed by atoms with E-state index in [0.717, 1.165) is 24.3 Å². The molecule has 2 rings (SSSR count). The first kappa shape index (κ1) is 16.8. The van der Waals surface area contributed by atoms with E-state index in [4.69, 9.17) is 4.74 Å². The highest BCUT2D eigenvalue weighted by Gasteiger charge is 2.30. The van der Waals surface area contributed by atoms with Crippen molar-refractivity contribution in [3.63, 3.8) is 0 Å². The first-order valence-corrected chi connectivity index (χ1v) is 6.61. The van der Waals surface area contributed by atoms with Gasteiger partial charge in [-0.15, -0.1) is 0 Å². The van der Waals surface area contributed by atoms with Gasteiger partial charge in [0.15, 0.2) is 0 Å². The van der Waals surface area contributed by atoms with E-state index in [0.29, 0.717) is 17.0 Å². The molecule has 0 unspecified atom stereocenters. The summed E-state index contributed by atoms with van der Waals surface area (Å²) >= 11 is 0. The molecular formula is C16H14F3NO3. The van der Waals surface area contributed by atoms with Crippen LogP contribution in [-0.2, 0) is 12.8 Å². The maximum atomic E-state index is 12.5. The fourth-order valence-electron chi connectivity index (χ4n) is 1.99. The fourth-order valence-corrected chi connectivity index (χ4v) is 1.99. The predicted octanol–water partition coefficient (Wildman–Crippen LogP) is 3.46. The van der Waals surface area contributed by atoms with Crippen LogP contribution in [0.5, 0.6) is 5.75 Å². The van der Waals surface area contributed by atoms with Crippen LogP contribution in [0.4, 0.5) is 18.9 Å². The Balaban J connectivity index is 2.16. The van der Waals surface area contributed by atoms with Crippen molar-refractivity contribution >= 4 is 11.6 Å². The highest BCUT2D eigenvalue weighted by Crippen LogP contribution is 2.29. The Bertz CT molecular complexity index is 697. The number of methoxy groups -OCH3 is 1. The summed E-state index contributed by atoms with van der Waals surface area (Å²) < 4.78 is 42.5. The number of carbonyl (C=O) groups is 1. The van der Waals surface area contributed by atoms with Crippen LogP contribution in [0.2, 0.25) is 0 Å². The molecule has 0 aliphatic rings. The molecule has 0 aromatic heterocycles. The Kier molecular flexibility index (Phi) is 4.90. The van der Waals surface area contributed by atoms with E-state index >= 15 is 0 Å². The number of carbonyl (C=O) groups excluding carboxylic acids is 1. The zero-order valence-corrected chi connectivity index (χ0v) is 12.1. The predicted molar refractivity (Wildman–Crippen MR) is 78.3 cm³/mol. The van der Waals surface area contributed by atoms with Crippen molar-refractivity contribution in [2.24, 2.45) is 0 Å². The van der Waals surface area contributed by atoms with Crippen LogP contribution in [0, 0.1) is 0 Å². The van der Waals surface area contributed by atoms with E-state index in [9.17, 15) is 23.1 Å². The summed E-state index contributed by atoms with van der Waals surface area (Å²) in [7, 11) is 1.45. The molecule has 0 heterocycles. The molecule has 0 aliphatic heterocycles. The molecule has 0 saturated heterocycles. The van der Waals surface area contributed by atoms with Crippen LogP contribution < -0.4 is 10.1 Å². The monoisotopic (exact) mass is 325 g/mol. The molecule has 0 atom stereocenters. The number of hydrogen-bond donors (Lipinski definition) is 2. The van der Waals surface area contributed by atoms with Crippen LogP contribution in [0.25, 0.3) is 0 Å². The van der Waals surface area contributed by atoms with Crippen molar-refractivity contribution < 1.29 is 27.8 Å². The van der Waals surface area contributed by atoms with Gasteiger partial charge in [-0.1, -0.05) is 0 Å². The van der Waals surface area contributed by atoms with Gasteiger partial charge in [-0.3, -0.25) is 4.79 Å². The van der Waals surface area contributed by atoms with Gasteiger partial charge in [0.25, 0.3) is 5.91 Å². The number of rotatable bonds is 4. The van der Waals surface area contributed by atoms with Crippen molar-refractivity contribution in [2.75, 3.05) is 12.4 Å². The van der Waals surface area contributed by atoms with Gasteiger partial charge in [-0.05, 0) is 42.5 Å². The number of hydrogen-bond acceptors (Lipinski definition) is 3. The van der Waals surface area contributed by atoms with E-state index in [1.54, 1.807) is 12.1 Å². The number of alkyl halides is 3. The molecule has 0 bridgehead atoms. The number of aliphatic hydroxyl groups is 1. The van der Waals surface area contributed by atoms with Gasteiger partial charge in [0.1, 0.15) is 5.75 Å². The first-order valence-electron chi connectivity index (χ1n) is 6.61. The maximum absolute atomic E-state index is 12.5. The highest BCUT2D eigenvalue weighted by molar-refractivity contribution is 6.04. The molecule has 0 radical (unpaired) electrons. The molecule has 7 heteroatoms. The first-order chi connectivity index (χ1) is 10.8. The second-order valence-corrected chi connectivity index (χ2v) is 4.71.